The second kappa shape index (κ2) is 12.0. The molecule has 0 aromatic carbocycles. The number of amides is 1. The van der Waals surface area contributed by atoms with E-state index in [-0.39, 0.29) is 36.8 Å². The molecule has 2 heterocycles. The molecule has 1 fully saturated rings. The Labute approximate surface area is 154 Å². The molecule has 0 radical (unpaired) electrons. The molecule has 1 aromatic rings. The second-order valence-corrected chi connectivity index (χ2v) is 6.21. The van der Waals surface area contributed by atoms with Crippen molar-refractivity contribution in [2.75, 3.05) is 33.4 Å². The number of nitrogens with two attached hydrogens (primary N) is 1. The average molecular weight is 385 g/mol. The fraction of sp³-hybridized carbons (Fsp3) is 0.714. The van der Waals surface area contributed by atoms with E-state index < -0.39 is 0 Å². The van der Waals surface area contributed by atoms with Crippen LogP contribution in [0.2, 0.25) is 0 Å². The van der Waals surface area contributed by atoms with E-state index in [2.05, 4.69) is 15.2 Å². The molecule has 134 valence electrons. The molecule has 2 rings (SSSR count). The summed E-state index contributed by atoms with van der Waals surface area (Å²) in [4.78, 5) is 18.7. The number of hydrogen-bond donors (Lipinski definition) is 2. The Balaban J connectivity index is 0.00000242. The first-order chi connectivity index (χ1) is 10.2. The zero-order chi connectivity index (χ0) is 15.1. The highest BCUT2D eigenvalue weighted by molar-refractivity contribution is 7.09. The molecule has 0 unspecified atom stereocenters. The summed E-state index contributed by atoms with van der Waals surface area (Å²) in [6.45, 7) is 4.32. The number of hydrogen-bond acceptors (Lipinski definition) is 6. The first-order valence-corrected chi connectivity index (χ1v) is 8.27. The third-order valence-corrected chi connectivity index (χ3v) is 4.58. The van der Waals surface area contributed by atoms with Crippen molar-refractivity contribution in [1.82, 2.24) is 15.2 Å². The molecule has 6 nitrogen and oxygen atoms in total. The molecule has 0 spiro atoms. The summed E-state index contributed by atoms with van der Waals surface area (Å²) >= 11 is 1.43. The van der Waals surface area contributed by atoms with E-state index in [1.807, 2.05) is 0 Å². The highest BCUT2D eigenvalue weighted by Crippen LogP contribution is 2.13. The largest absolute Gasteiger partial charge is 0.385 e. The van der Waals surface area contributed by atoms with Crippen LogP contribution in [0.1, 0.15) is 34.8 Å². The Morgan fingerprint density at radius 2 is 2.17 bits per heavy atom. The SMILES string of the molecule is COCCCN1CCC(NC(=O)c2csc(CN)n2)CC1.Cl.Cl. The van der Waals surface area contributed by atoms with Gasteiger partial charge in [-0.2, -0.15) is 0 Å². The van der Waals surface area contributed by atoms with Gasteiger partial charge < -0.3 is 20.7 Å². The zero-order valence-corrected chi connectivity index (χ0v) is 15.8. The third-order valence-electron chi connectivity index (χ3n) is 3.70. The average Bonchev–Trinajstić information content (AvgIpc) is 2.98. The monoisotopic (exact) mass is 384 g/mol. The van der Waals surface area contributed by atoms with Gasteiger partial charge in [0.2, 0.25) is 0 Å². The first-order valence-electron chi connectivity index (χ1n) is 7.39. The van der Waals surface area contributed by atoms with E-state index in [4.69, 9.17) is 10.5 Å². The van der Waals surface area contributed by atoms with Crippen LogP contribution < -0.4 is 11.1 Å². The molecule has 1 aliphatic rings. The molecular weight excluding hydrogens is 359 g/mol. The maximum atomic E-state index is 12.1. The molecule has 0 aliphatic carbocycles. The fourth-order valence-corrected chi connectivity index (χ4v) is 3.16. The lowest BCUT2D eigenvalue weighted by Crippen LogP contribution is -2.45. The van der Waals surface area contributed by atoms with Gasteiger partial charge in [-0.25, -0.2) is 4.98 Å². The molecule has 23 heavy (non-hydrogen) atoms. The van der Waals surface area contributed by atoms with E-state index in [9.17, 15) is 4.79 Å². The van der Waals surface area contributed by atoms with Gasteiger partial charge in [0.25, 0.3) is 5.91 Å². The number of likely N-dealkylation sites (tertiary alicyclic amines) is 1. The van der Waals surface area contributed by atoms with Gasteiger partial charge in [-0.15, -0.1) is 36.2 Å². The van der Waals surface area contributed by atoms with Crippen LogP contribution in [0.3, 0.4) is 0 Å². The maximum absolute atomic E-state index is 12.1. The number of halogens is 2. The molecule has 3 N–H and O–H groups in total. The zero-order valence-electron chi connectivity index (χ0n) is 13.3. The van der Waals surface area contributed by atoms with Gasteiger partial charge in [-0.1, -0.05) is 0 Å². The normalized spacial score (nSPS) is 15.6. The Morgan fingerprint density at radius 3 is 2.74 bits per heavy atom. The van der Waals surface area contributed by atoms with Crippen LogP contribution in [0.5, 0.6) is 0 Å². The van der Waals surface area contributed by atoms with Crippen molar-refractivity contribution < 1.29 is 9.53 Å². The van der Waals surface area contributed by atoms with Gasteiger partial charge in [0.05, 0.1) is 0 Å². The van der Waals surface area contributed by atoms with E-state index in [1.54, 1.807) is 12.5 Å². The standard InChI is InChI=1S/C14H24N4O2S.2ClH/c1-20-8-2-5-18-6-3-11(4-7-18)16-14(19)12-10-21-13(9-15)17-12;;/h10-11H,2-9,15H2,1H3,(H,16,19);2*1H. The van der Waals surface area contributed by atoms with Crippen LogP contribution in [-0.4, -0.2) is 55.2 Å². The molecule has 1 aliphatic heterocycles. The Bertz CT molecular complexity index is 454. The number of methoxy groups -OCH3 is 1. The number of nitrogens with one attached hydrogen (secondary N) is 1. The molecule has 0 saturated carbocycles. The summed E-state index contributed by atoms with van der Waals surface area (Å²) < 4.78 is 5.07. The van der Waals surface area contributed by atoms with Crippen LogP contribution in [0.4, 0.5) is 0 Å². The molecule has 9 heteroatoms. The number of nitrogens with zero attached hydrogens (tertiary/aromatic N) is 2. The van der Waals surface area contributed by atoms with Crippen molar-refractivity contribution >= 4 is 42.1 Å². The molecule has 0 bridgehead atoms. The first kappa shape index (κ1) is 22.6. The van der Waals surface area contributed by atoms with Gasteiger partial charge in [0.1, 0.15) is 10.7 Å². The van der Waals surface area contributed by atoms with Crippen molar-refractivity contribution in [2.45, 2.75) is 31.8 Å². The lowest BCUT2D eigenvalue weighted by molar-refractivity contribution is 0.0902. The maximum Gasteiger partial charge on any atom is 0.270 e. The van der Waals surface area contributed by atoms with Crippen LogP contribution >= 0.6 is 36.2 Å². The van der Waals surface area contributed by atoms with Gasteiger partial charge in [0.15, 0.2) is 0 Å². The number of carbonyl (C=O) groups is 1. The Morgan fingerprint density at radius 1 is 1.48 bits per heavy atom. The molecular formula is C14H26Cl2N4O2S. The smallest absolute Gasteiger partial charge is 0.270 e. The van der Waals surface area contributed by atoms with Crippen molar-refractivity contribution in [3.05, 3.63) is 16.1 Å². The minimum Gasteiger partial charge on any atom is -0.385 e. The number of piperidine rings is 1. The molecule has 1 aromatic heterocycles. The van der Waals surface area contributed by atoms with Crippen molar-refractivity contribution in [3.8, 4) is 0 Å². The van der Waals surface area contributed by atoms with E-state index in [0.29, 0.717) is 12.2 Å². The summed E-state index contributed by atoms with van der Waals surface area (Å²) in [5.74, 6) is -0.0798. The number of aromatic nitrogens is 1. The Kier molecular flexibility index (Phi) is 11.8. The number of thiazole rings is 1. The number of ether oxygens (including phenoxy) is 1. The second-order valence-electron chi connectivity index (χ2n) is 5.27. The van der Waals surface area contributed by atoms with E-state index >= 15 is 0 Å². The summed E-state index contributed by atoms with van der Waals surface area (Å²) in [6, 6.07) is 0.249. The highest BCUT2D eigenvalue weighted by Gasteiger charge is 2.21. The van der Waals surface area contributed by atoms with Crippen LogP contribution in [0.15, 0.2) is 5.38 Å². The van der Waals surface area contributed by atoms with Gasteiger partial charge in [-0.05, 0) is 19.3 Å². The fourth-order valence-electron chi connectivity index (χ4n) is 2.50. The third kappa shape index (κ3) is 7.32. The van der Waals surface area contributed by atoms with Crippen molar-refractivity contribution in [2.24, 2.45) is 5.73 Å². The van der Waals surface area contributed by atoms with Crippen LogP contribution in [-0.2, 0) is 11.3 Å². The lowest BCUT2D eigenvalue weighted by atomic mass is 10.0. The summed E-state index contributed by atoms with van der Waals surface area (Å²) in [6.07, 6.45) is 3.05. The van der Waals surface area contributed by atoms with Gasteiger partial charge in [0, 0.05) is 51.3 Å². The van der Waals surface area contributed by atoms with Crippen molar-refractivity contribution in [3.63, 3.8) is 0 Å². The number of rotatable bonds is 7. The highest BCUT2D eigenvalue weighted by atomic mass is 35.5. The number of carbonyl (C=O) groups excluding carboxylic acids is 1. The minimum atomic E-state index is -0.0798. The summed E-state index contributed by atoms with van der Waals surface area (Å²) in [5.41, 5.74) is 6.00. The van der Waals surface area contributed by atoms with Gasteiger partial charge in [-0.3, -0.25) is 4.79 Å². The predicted molar refractivity (Wildman–Crippen MR) is 97.9 cm³/mol. The van der Waals surface area contributed by atoms with Crippen LogP contribution in [0, 0.1) is 0 Å². The molecule has 0 atom stereocenters. The van der Waals surface area contributed by atoms with E-state index in [0.717, 1.165) is 50.5 Å². The predicted octanol–water partition coefficient (Wildman–Crippen LogP) is 1.68. The Hall–Kier alpha value is -0.440. The molecule has 1 amide bonds. The topological polar surface area (TPSA) is 80.5 Å². The lowest BCUT2D eigenvalue weighted by Gasteiger charge is -2.32. The summed E-state index contributed by atoms with van der Waals surface area (Å²) in [5, 5.41) is 5.65. The quantitative estimate of drug-likeness (QED) is 0.698. The van der Waals surface area contributed by atoms with Crippen LogP contribution in [0.25, 0.3) is 0 Å². The van der Waals surface area contributed by atoms with Crippen molar-refractivity contribution in [1.29, 1.82) is 0 Å². The minimum absolute atomic E-state index is 0. The summed E-state index contributed by atoms with van der Waals surface area (Å²) in [7, 11) is 1.73. The molecule has 1 saturated heterocycles. The van der Waals surface area contributed by atoms with E-state index in [1.165, 1.54) is 11.3 Å². The van der Waals surface area contributed by atoms with Gasteiger partial charge >= 0.3 is 0 Å².